The van der Waals surface area contributed by atoms with Gasteiger partial charge in [-0.1, -0.05) is 12.1 Å². The van der Waals surface area contributed by atoms with Gasteiger partial charge in [-0.05, 0) is 68.0 Å². The predicted molar refractivity (Wildman–Crippen MR) is 107 cm³/mol. The van der Waals surface area contributed by atoms with Gasteiger partial charge in [0.05, 0.1) is 17.7 Å². The zero-order valence-corrected chi connectivity index (χ0v) is 15.4. The van der Waals surface area contributed by atoms with Gasteiger partial charge in [0, 0.05) is 23.0 Å². The zero-order chi connectivity index (χ0) is 19.5. The molecule has 2 amide bonds. The number of nitriles is 1. The second-order valence-electron chi connectivity index (χ2n) is 7.46. The van der Waals surface area contributed by atoms with E-state index in [0.29, 0.717) is 28.5 Å². The summed E-state index contributed by atoms with van der Waals surface area (Å²) >= 11 is 0. The summed E-state index contributed by atoms with van der Waals surface area (Å²) in [4.78, 5) is 25.1. The van der Waals surface area contributed by atoms with Crippen molar-refractivity contribution in [3.63, 3.8) is 0 Å². The van der Waals surface area contributed by atoms with Gasteiger partial charge >= 0.3 is 0 Å². The molecule has 142 valence electrons. The number of hydrogen-bond acceptors (Lipinski definition) is 4. The number of rotatable bonds is 5. The van der Waals surface area contributed by atoms with Crippen molar-refractivity contribution in [2.45, 2.75) is 37.8 Å². The van der Waals surface area contributed by atoms with Gasteiger partial charge < -0.3 is 16.0 Å². The molecule has 3 N–H and O–H groups in total. The van der Waals surface area contributed by atoms with E-state index in [-0.39, 0.29) is 17.9 Å². The Hall–Kier alpha value is -3.17. The van der Waals surface area contributed by atoms with Gasteiger partial charge in [-0.25, -0.2) is 0 Å². The van der Waals surface area contributed by atoms with Crippen molar-refractivity contribution >= 4 is 23.2 Å². The Morgan fingerprint density at radius 3 is 2.46 bits per heavy atom. The molecule has 2 atom stereocenters. The molecule has 1 saturated carbocycles. The molecule has 28 heavy (non-hydrogen) atoms. The first-order valence-corrected chi connectivity index (χ1v) is 9.61. The van der Waals surface area contributed by atoms with Gasteiger partial charge in [-0.15, -0.1) is 0 Å². The summed E-state index contributed by atoms with van der Waals surface area (Å²) < 4.78 is 0. The number of amides is 2. The fraction of sp³-hybridized carbons (Fsp3) is 0.318. The van der Waals surface area contributed by atoms with Crippen LogP contribution in [0, 0.1) is 17.2 Å². The zero-order valence-electron chi connectivity index (χ0n) is 15.4. The summed E-state index contributed by atoms with van der Waals surface area (Å²) in [5.74, 6) is 0.394. The van der Waals surface area contributed by atoms with Crippen LogP contribution in [-0.4, -0.2) is 23.9 Å². The van der Waals surface area contributed by atoms with Crippen molar-refractivity contribution in [1.82, 2.24) is 5.32 Å². The quantitative estimate of drug-likeness (QED) is 0.749. The highest BCUT2D eigenvalue weighted by Crippen LogP contribution is 2.37. The average molecular weight is 374 g/mol. The van der Waals surface area contributed by atoms with E-state index in [4.69, 9.17) is 5.26 Å². The number of benzene rings is 2. The molecule has 2 aromatic rings. The van der Waals surface area contributed by atoms with Gasteiger partial charge in [0.15, 0.2) is 0 Å². The molecule has 0 bridgehead atoms. The number of anilines is 2. The number of carbonyl (C=O) groups is 2. The van der Waals surface area contributed by atoms with Crippen LogP contribution in [0.1, 0.15) is 41.6 Å². The van der Waals surface area contributed by atoms with Crippen LogP contribution >= 0.6 is 0 Å². The number of nitrogens with one attached hydrogen (secondary N) is 3. The van der Waals surface area contributed by atoms with Crippen molar-refractivity contribution in [3.8, 4) is 6.07 Å². The fourth-order valence-electron chi connectivity index (χ4n) is 3.69. The van der Waals surface area contributed by atoms with Crippen LogP contribution in [0.25, 0.3) is 0 Å². The van der Waals surface area contributed by atoms with Crippen LogP contribution in [0.3, 0.4) is 0 Å². The summed E-state index contributed by atoms with van der Waals surface area (Å²) in [6.07, 6.45) is 4.43. The Bertz CT molecular complexity index is 946. The molecule has 4 rings (SSSR count). The molecule has 2 aliphatic rings. The third kappa shape index (κ3) is 4.21. The molecule has 0 spiro atoms. The SMILES string of the molecule is N#Cc1cccc(NC(=O)c2cccc(NC(=O)C3CCC(C4CC4)N3)c2)c1. The van der Waals surface area contributed by atoms with Crippen molar-refractivity contribution in [2.24, 2.45) is 5.92 Å². The Morgan fingerprint density at radius 2 is 1.71 bits per heavy atom. The van der Waals surface area contributed by atoms with Crippen LogP contribution in [0.5, 0.6) is 0 Å². The smallest absolute Gasteiger partial charge is 0.255 e. The maximum atomic E-state index is 12.5. The Balaban J connectivity index is 1.39. The summed E-state index contributed by atoms with van der Waals surface area (Å²) in [5, 5.41) is 18.1. The molecular weight excluding hydrogens is 352 g/mol. The van der Waals surface area contributed by atoms with Crippen LogP contribution in [0.4, 0.5) is 11.4 Å². The summed E-state index contributed by atoms with van der Waals surface area (Å²) in [6, 6.07) is 16.0. The van der Waals surface area contributed by atoms with E-state index in [2.05, 4.69) is 16.0 Å². The van der Waals surface area contributed by atoms with E-state index in [0.717, 1.165) is 18.8 Å². The molecule has 6 heteroatoms. The molecule has 0 aromatic heterocycles. The molecule has 1 aliphatic heterocycles. The maximum Gasteiger partial charge on any atom is 0.255 e. The second kappa shape index (κ2) is 7.83. The molecule has 1 aliphatic carbocycles. The maximum absolute atomic E-state index is 12.5. The highest BCUT2D eigenvalue weighted by Gasteiger charge is 2.38. The number of hydrogen-bond donors (Lipinski definition) is 3. The van der Waals surface area contributed by atoms with Gasteiger partial charge in [0.2, 0.25) is 5.91 Å². The van der Waals surface area contributed by atoms with Crippen molar-refractivity contribution in [1.29, 1.82) is 5.26 Å². The van der Waals surface area contributed by atoms with E-state index in [1.807, 2.05) is 6.07 Å². The molecule has 2 aromatic carbocycles. The van der Waals surface area contributed by atoms with Gasteiger partial charge in [0.25, 0.3) is 5.91 Å². The van der Waals surface area contributed by atoms with E-state index < -0.39 is 0 Å². The first kappa shape index (κ1) is 18.2. The lowest BCUT2D eigenvalue weighted by molar-refractivity contribution is -0.117. The van der Waals surface area contributed by atoms with Crippen LogP contribution < -0.4 is 16.0 Å². The van der Waals surface area contributed by atoms with Gasteiger partial charge in [-0.3, -0.25) is 9.59 Å². The normalized spacial score (nSPS) is 21.0. The Kier molecular flexibility index (Phi) is 5.09. The highest BCUT2D eigenvalue weighted by atomic mass is 16.2. The van der Waals surface area contributed by atoms with Crippen molar-refractivity contribution in [2.75, 3.05) is 10.6 Å². The molecule has 6 nitrogen and oxygen atoms in total. The van der Waals surface area contributed by atoms with Gasteiger partial charge in [-0.2, -0.15) is 5.26 Å². The average Bonchev–Trinajstić information content (AvgIpc) is 3.44. The van der Waals surface area contributed by atoms with Crippen molar-refractivity contribution in [3.05, 3.63) is 59.7 Å². The monoisotopic (exact) mass is 374 g/mol. The summed E-state index contributed by atoms with van der Waals surface area (Å²) in [6.45, 7) is 0. The van der Waals surface area contributed by atoms with E-state index in [1.165, 1.54) is 12.8 Å². The molecule has 1 saturated heterocycles. The summed E-state index contributed by atoms with van der Waals surface area (Å²) in [5.41, 5.74) is 2.07. The molecule has 2 unspecified atom stereocenters. The lowest BCUT2D eigenvalue weighted by Crippen LogP contribution is -2.39. The third-order valence-corrected chi connectivity index (χ3v) is 5.33. The minimum absolute atomic E-state index is 0.0533. The van der Waals surface area contributed by atoms with E-state index in [9.17, 15) is 9.59 Å². The number of carbonyl (C=O) groups excluding carboxylic acids is 2. The first-order chi connectivity index (χ1) is 13.6. The molecule has 1 heterocycles. The minimum Gasteiger partial charge on any atom is -0.325 e. The summed E-state index contributed by atoms with van der Waals surface area (Å²) in [7, 11) is 0. The second-order valence-corrected chi connectivity index (χ2v) is 7.46. The van der Waals surface area contributed by atoms with Crippen LogP contribution in [-0.2, 0) is 4.79 Å². The minimum atomic E-state index is -0.293. The highest BCUT2D eigenvalue weighted by molar-refractivity contribution is 6.05. The standard InChI is InChI=1S/C22H22N4O2/c23-13-14-3-1-5-17(11-14)24-21(27)16-4-2-6-18(12-16)25-22(28)20-10-9-19(26-20)15-7-8-15/h1-6,11-12,15,19-20,26H,7-10H2,(H,24,27)(H,25,28). The van der Waals surface area contributed by atoms with Crippen LogP contribution in [0.15, 0.2) is 48.5 Å². The molecular formula is C22H22N4O2. The van der Waals surface area contributed by atoms with E-state index >= 15 is 0 Å². The Labute approximate surface area is 163 Å². The van der Waals surface area contributed by atoms with Gasteiger partial charge in [0.1, 0.15) is 0 Å². The van der Waals surface area contributed by atoms with E-state index in [1.54, 1.807) is 48.5 Å². The topological polar surface area (TPSA) is 94.0 Å². The lowest BCUT2D eigenvalue weighted by atomic mass is 10.1. The third-order valence-electron chi connectivity index (χ3n) is 5.33. The first-order valence-electron chi connectivity index (χ1n) is 9.61. The lowest BCUT2D eigenvalue weighted by Gasteiger charge is -2.14. The molecule has 0 radical (unpaired) electrons. The fourth-order valence-corrected chi connectivity index (χ4v) is 3.69. The molecule has 2 fully saturated rings. The van der Waals surface area contributed by atoms with Crippen LogP contribution in [0.2, 0.25) is 0 Å². The largest absolute Gasteiger partial charge is 0.325 e. The number of nitrogens with zero attached hydrogens (tertiary/aromatic N) is 1. The Morgan fingerprint density at radius 1 is 0.964 bits per heavy atom. The predicted octanol–water partition coefficient (Wildman–Crippen LogP) is 3.28. The van der Waals surface area contributed by atoms with Crippen molar-refractivity contribution < 1.29 is 9.59 Å².